The highest BCUT2D eigenvalue weighted by atomic mass is 16.5. The normalized spacial score (nSPS) is 29.7. The van der Waals surface area contributed by atoms with E-state index in [4.69, 9.17) is 0 Å². The standard InChI is InChI=1S/C20H21NO2/c22-19-14-21(23,12-15-6-2-1-3-7-15)13-17-11-10-16-8-4-5-9-18(16)20(17)19/h1-9,17,20H,10-14H2. The molecule has 3 atom stereocenters. The van der Waals surface area contributed by atoms with Crippen LogP contribution in [0.15, 0.2) is 54.6 Å². The molecule has 0 spiro atoms. The largest absolute Gasteiger partial charge is 0.632 e. The van der Waals surface area contributed by atoms with Crippen LogP contribution in [0.3, 0.4) is 0 Å². The van der Waals surface area contributed by atoms with E-state index < -0.39 is 4.65 Å². The number of rotatable bonds is 2. The molecular weight excluding hydrogens is 286 g/mol. The predicted octanol–water partition coefficient (Wildman–Crippen LogP) is 3.43. The van der Waals surface area contributed by atoms with Crippen molar-refractivity contribution >= 4 is 5.78 Å². The molecule has 3 unspecified atom stereocenters. The van der Waals surface area contributed by atoms with Gasteiger partial charge in [-0.1, -0.05) is 54.6 Å². The number of hydroxylamine groups is 3. The van der Waals surface area contributed by atoms with Gasteiger partial charge in [0.25, 0.3) is 0 Å². The molecule has 0 radical (unpaired) electrons. The number of benzene rings is 2. The van der Waals surface area contributed by atoms with Gasteiger partial charge >= 0.3 is 0 Å². The number of carbonyl (C=O) groups is 1. The van der Waals surface area contributed by atoms with E-state index >= 15 is 0 Å². The maximum absolute atomic E-state index is 13.2. The Hall–Kier alpha value is -1.97. The Kier molecular flexibility index (Phi) is 3.55. The summed E-state index contributed by atoms with van der Waals surface area (Å²) >= 11 is 0. The number of quaternary nitrogens is 1. The summed E-state index contributed by atoms with van der Waals surface area (Å²) in [5.41, 5.74) is 3.47. The number of nitrogens with zero attached hydrogens (tertiary/aromatic N) is 1. The fraction of sp³-hybridized carbons (Fsp3) is 0.350. The summed E-state index contributed by atoms with van der Waals surface area (Å²) < 4.78 is -0.397. The second kappa shape index (κ2) is 5.59. The molecule has 4 rings (SSSR count). The predicted molar refractivity (Wildman–Crippen MR) is 89.5 cm³/mol. The lowest BCUT2D eigenvalue weighted by atomic mass is 9.71. The Balaban J connectivity index is 1.60. The van der Waals surface area contributed by atoms with Crippen molar-refractivity contribution in [1.82, 2.24) is 0 Å². The minimum atomic E-state index is -0.397. The number of piperidine rings is 1. The van der Waals surface area contributed by atoms with Crippen LogP contribution in [0.5, 0.6) is 0 Å². The molecule has 23 heavy (non-hydrogen) atoms. The number of hydrogen-bond acceptors (Lipinski definition) is 2. The monoisotopic (exact) mass is 307 g/mol. The van der Waals surface area contributed by atoms with Crippen molar-refractivity contribution in [3.05, 3.63) is 76.5 Å². The van der Waals surface area contributed by atoms with Crippen LogP contribution in [0.2, 0.25) is 0 Å². The van der Waals surface area contributed by atoms with Crippen LogP contribution in [0.25, 0.3) is 0 Å². The van der Waals surface area contributed by atoms with Crippen molar-refractivity contribution < 1.29 is 9.44 Å². The molecule has 2 aliphatic rings. The molecule has 2 aromatic rings. The zero-order valence-corrected chi connectivity index (χ0v) is 13.2. The first kappa shape index (κ1) is 14.6. The number of aryl methyl sites for hydroxylation is 1. The van der Waals surface area contributed by atoms with Gasteiger partial charge in [0, 0.05) is 11.5 Å². The Morgan fingerprint density at radius 1 is 1.04 bits per heavy atom. The molecule has 0 saturated carbocycles. The lowest BCUT2D eigenvalue weighted by Crippen LogP contribution is -2.56. The molecule has 1 saturated heterocycles. The third-order valence-corrected chi connectivity index (χ3v) is 5.32. The Morgan fingerprint density at radius 2 is 1.78 bits per heavy atom. The first-order valence-corrected chi connectivity index (χ1v) is 8.36. The molecule has 1 aliphatic heterocycles. The zero-order valence-electron chi connectivity index (χ0n) is 13.2. The van der Waals surface area contributed by atoms with Crippen LogP contribution in [-0.2, 0) is 17.8 Å². The van der Waals surface area contributed by atoms with Gasteiger partial charge in [-0.15, -0.1) is 0 Å². The SMILES string of the molecule is O=C1C[N+]([O-])(Cc2ccccc2)CC2CCc3ccccc3C12. The lowest BCUT2D eigenvalue weighted by Gasteiger charge is -2.51. The van der Waals surface area contributed by atoms with Gasteiger partial charge in [0.05, 0.1) is 12.5 Å². The van der Waals surface area contributed by atoms with Crippen LogP contribution in [0, 0.1) is 11.1 Å². The molecule has 0 N–H and O–H groups in total. The molecule has 2 aromatic carbocycles. The third-order valence-electron chi connectivity index (χ3n) is 5.32. The number of ketones is 1. The molecule has 3 nitrogen and oxygen atoms in total. The maximum Gasteiger partial charge on any atom is 0.195 e. The molecule has 1 aliphatic carbocycles. The van der Waals surface area contributed by atoms with Crippen molar-refractivity contribution in [1.29, 1.82) is 0 Å². The Labute approximate surface area is 136 Å². The number of carbonyl (C=O) groups excluding carboxylic acids is 1. The highest BCUT2D eigenvalue weighted by Crippen LogP contribution is 2.42. The van der Waals surface area contributed by atoms with Crippen molar-refractivity contribution in [2.45, 2.75) is 25.3 Å². The third kappa shape index (κ3) is 2.71. The van der Waals surface area contributed by atoms with Crippen LogP contribution >= 0.6 is 0 Å². The smallest absolute Gasteiger partial charge is 0.195 e. The van der Waals surface area contributed by atoms with Crippen molar-refractivity contribution in [2.75, 3.05) is 13.1 Å². The van der Waals surface area contributed by atoms with E-state index in [9.17, 15) is 10.0 Å². The summed E-state index contributed by atoms with van der Waals surface area (Å²) in [6.45, 7) is 1.06. The summed E-state index contributed by atoms with van der Waals surface area (Å²) in [7, 11) is 0. The highest BCUT2D eigenvalue weighted by Gasteiger charge is 2.44. The highest BCUT2D eigenvalue weighted by molar-refractivity contribution is 5.88. The Morgan fingerprint density at radius 3 is 2.61 bits per heavy atom. The van der Waals surface area contributed by atoms with Gasteiger partial charge in [-0.05, 0) is 24.0 Å². The Bertz CT molecular complexity index is 727. The molecule has 1 fully saturated rings. The van der Waals surface area contributed by atoms with Crippen molar-refractivity contribution in [2.24, 2.45) is 5.92 Å². The van der Waals surface area contributed by atoms with Crippen LogP contribution in [0.4, 0.5) is 0 Å². The van der Waals surface area contributed by atoms with Gasteiger partial charge in [0.1, 0.15) is 13.1 Å². The molecule has 118 valence electrons. The molecule has 0 aromatic heterocycles. The molecule has 0 amide bonds. The van der Waals surface area contributed by atoms with Gasteiger partial charge in [0.15, 0.2) is 5.78 Å². The van der Waals surface area contributed by atoms with Gasteiger partial charge in [-0.2, -0.15) is 0 Å². The van der Waals surface area contributed by atoms with E-state index in [0.29, 0.717) is 13.1 Å². The fourth-order valence-corrected chi connectivity index (χ4v) is 4.37. The molecule has 1 heterocycles. The zero-order chi connectivity index (χ0) is 15.9. The van der Waals surface area contributed by atoms with Gasteiger partial charge < -0.3 is 9.85 Å². The van der Waals surface area contributed by atoms with Gasteiger partial charge in [-0.25, -0.2) is 0 Å². The minimum absolute atomic E-state index is 0.0593. The van der Waals surface area contributed by atoms with E-state index in [1.165, 1.54) is 11.1 Å². The molecular formula is C20H21NO2. The lowest BCUT2D eigenvalue weighted by molar-refractivity contribution is -0.892. The maximum atomic E-state index is 13.2. The van der Waals surface area contributed by atoms with E-state index in [-0.39, 0.29) is 24.2 Å². The van der Waals surface area contributed by atoms with Crippen molar-refractivity contribution in [3.8, 4) is 0 Å². The molecule has 3 heteroatoms. The van der Waals surface area contributed by atoms with E-state index in [0.717, 1.165) is 18.4 Å². The summed E-state index contributed by atoms with van der Waals surface area (Å²) in [4.78, 5) is 12.8. The average Bonchev–Trinajstić information content (AvgIpc) is 2.54. The van der Waals surface area contributed by atoms with Crippen LogP contribution < -0.4 is 0 Å². The second-order valence-electron chi connectivity index (χ2n) is 6.98. The molecule has 0 bridgehead atoms. The summed E-state index contributed by atoms with van der Waals surface area (Å²) in [6.07, 6.45) is 1.93. The number of Topliss-reactive ketones (excluding diaryl/α,β-unsaturated/α-hetero) is 1. The van der Waals surface area contributed by atoms with E-state index in [2.05, 4.69) is 12.1 Å². The number of likely N-dealkylation sites (tertiary alicyclic amines) is 1. The van der Waals surface area contributed by atoms with E-state index in [1.807, 2.05) is 42.5 Å². The second-order valence-corrected chi connectivity index (χ2v) is 6.98. The number of hydrogen-bond donors (Lipinski definition) is 0. The summed E-state index contributed by atoms with van der Waals surface area (Å²) in [5.74, 6) is 0.252. The summed E-state index contributed by atoms with van der Waals surface area (Å²) in [6, 6.07) is 18.0. The summed E-state index contributed by atoms with van der Waals surface area (Å²) in [5, 5.41) is 13.2. The minimum Gasteiger partial charge on any atom is -0.632 e. The topological polar surface area (TPSA) is 40.1 Å². The van der Waals surface area contributed by atoms with Gasteiger partial charge in [0.2, 0.25) is 0 Å². The van der Waals surface area contributed by atoms with Gasteiger partial charge in [-0.3, -0.25) is 4.79 Å². The van der Waals surface area contributed by atoms with Crippen LogP contribution in [0.1, 0.15) is 29.0 Å². The van der Waals surface area contributed by atoms with Crippen LogP contribution in [-0.4, -0.2) is 23.5 Å². The average molecular weight is 307 g/mol. The first-order valence-electron chi connectivity index (χ1n) is 8.36. The quantitative estimate of drug-likeness (QED) is 0.630. The van der Waals surface area contributed by atoms with E-state index in [1.54, 1.807) is 0 Å². The van der Waals surface area contributed by atoms with Crippen molar-refractivity contribution in [3.63, 3.8) is 0 Å². The fourth-order valence-electron chi connectivity index (χ4n) is 4.37. The number of fused-ring (bicyclic) bond motifs is 3. The first-order chi connectivity index (χ1) is 11.1.